The summed E-state index contributed by atoms with van der Waals surface area (Å²) in [5, 5.41) is 6.12. The third-order valence-corrected chi connectivity index (χ3v) is 2.69. The van der Waals surface area contributed by atoms with E-state index in [1.54, 1.807) is 6.07 Å². The van der Waals surface area contributed by atoms with E-state index >= 15 is 0 Å². The molecule has 6 heteroatoms. The third kappa shape index (κ3) is 3.32. The number of carbonyl (C=O) groups is 1. The second kappa shape index (κ2) is 5.66. The van der Waals surface area contributed by atoms with Gasteiger partial charge in [-0.25, -0.2) is 9.97 Å². The topological polar surface area (TPSA) is 76.1 Å². The van der Waals surface area contributed by atoms with Crippen molar-refractivity contribution >= 4 is 17.6 Å². The monoisotopic (exact) mass is 250 g/mol. The number of hydrogen-bond donors (Lipinski definition) is 2. The summed E-state index contributed by atoms with van der Waals surface area (Å²) in [7, 11) is 1.36. The maximum absolute atomic E-state index is 11.1. The lowest BCUT2D eigenvalue weighted by Gasteiger charge is -2.09. The van der Waals surface area contributed by atoms with Crippen LogP contribution in [0.1, 0.15) is 31.5 Å². The van der Waals surface area contributed by atoms with E-state index in [1.807, 2.05) is 6.92 Å². The number of nitrogens with zero attached hydrogens (tertiary/aromatic N) is 2. The molecule has 1 fully saturated rings. The van der Waals surface area contributed by atoms with Gasteiger partial charge in [-0.1, -0.05) is 0 Å². The molecule has 98 valence electrons. The second-order valence-electron chi connectivity index (χ2n) is 4.23. The van der Waals surface area contributed by atoms with Crippen molar-refractivity contribution in [3.05, 3.63) is 11.9 Å². The molecule has 0 unspecified atom stereocenters. The Morgan fingerprint density at radius 2 is 2.06 bits per heavy atom. The fraction of sp³-hybridized carbons (Fsp3) is 0.583. The lowest BCUT2D eigenvalue weighted by Crippen LogP contribution is -2.16. The molecular formula is C12H18N4O2. The van der Waals surface area contributed by atoms with Crippen molar-refractivity contribution in [3.8, 4) is 0 Å². The van der Waals surface area contributed by atoms with E-state index in [4.69, 9.17) is 0 Å². The van der Waals surface area contributed by atoms with Crippen LogP contribution in [0.3, 0.4) is 0 Å². The van der Waals surface area contributed by atoms with Crippen LogP contribution in [0.2, 0.25) is 0 Å². The highest BCUT2D eigenvalue weighted by molar-refractivity contribution is 5.74. The van der Waals surface area contributed by atoms with Crippen LogP contribution < -0.4 is 10.6 Å². The molecule has 18 heavy (non-hydrogen) atoms. The first-order chi connectivity index (χ1) is 8.72. The Hall–Kier alpha value is -1.85. The Bertz CT molecular complexity index is 432. The fourth-order valence-corrected chi connectivity index (χ4v) is 1.59. The molecule has 6 nitrogen and oxygen atoms in total. The Morgan fingerprint density at radius 3 is 2.61 bits per heavy atom. The molecule has 0 radical (unpaired) electrons. The molecule has 0 aliphatic heterocycles. The first-order valence-electron chi connectivity index (χ1n) is 6.16. The maximum Gasteiger partial charge on any atom is 0.325 e. The van der Waals surface area contributed by atoms with Crippen molar-refractivity contribution in [2.75, 3.05) is 30.8 Å². The number of anilines is 2. The largest absolute Gasteiger partial charge is 0.468 e. The number of rotatable bonds is 6. The number of ether oxygens (including phenoxy) is 1. The van der Waals surface area contributed by atoms with Gasteiger partial charge in [0.1, 0.15) is 24.0 Å². The minimum absolute atomic E-state index is 0.114. The number of esters is 1. The fourth-order valence-electron chi connectivity index (χ4n) is 1.59. The van der Waals surface area contributed by atoms with E-state index < -0.39 is 0 Å². The van der Waals surface area contributed by atoms with Crippen LogP contribution in [0.15, 0.2) is 6.07 Å². The van der Waals surface area contributed by atoms with E-state index in [0.29, 0.717) is 11.7 Å². The molecule has 2 rings (SSSR count). The van der Waals surface area contributed by atoms with Gasteiger partial charge in [-0.05, 0) is 19.8 Å². The Morgan fingerprint density at radius 1 is 1.39 bits per heavy atom. The van der Waals surface area contributed by atoms with Crippen molar-refractivity contribution in [1.82, 2.24) is 9.97 Å². The summed E-state index contributed by atoms with van der Waals surface area (Å²) in [5.41, 5.74) is 0. The van der Waals surface area contributed by atoms with Crippen LogP contribution in [-0.4, -0.2) is 36.1 Å². The number of hydrogen-bond acceptors (Lipinski definition) is 6. The Kier molecular flexibility index (Phi) is 3.96. The van der Waals surface area contributed by atoms with Crippen LogP contribution in [0, 0.1) is 0 Å². The van der Waals surface area contributed by atoms with E-state index in [9.17, 15) is 4.79 Å². The minimum atomic E-state index is -0.313. The zero-order valence-electron chi connectivity index (χ0n) is 10.7. The van der Waals surface area contributed by atoms with Crippen LogP contribution in [0.5, 0.6) is 0 Å². The molecule has 0 saturated heterocycles. The Labute approximate surface area is 106 Å². The third-order valence-electron chi connectivity index (χ3n) is 2.69. The number of carbonyl (C=O) groups excluding carboxylic acids is 1. The molecular weight excluding hydrogens is 232 g/mol. The summed E-state index contributed by atoms with van der Waals surface area (Å²) in [5.74, 6) is 2.46. The van der Waals surface area contributed by atoms with Crippen LogP contribution in [0.4, 0.5) is 11.6 Å². The van der Waals surface area contributed by atoms with Gasteiger partial charge in [0.05, 0.1) is 7.11 Å². The summed E-state index contributed by atoms with van der Waals surface area (Å²) in [6, 6.07) is 1.80. The van der Waals surface area contributed by atoms with Gasteiger partial charge in [0.2, 0.25) is 0 Å². The van der Waals surface area contributed by atoms with Gasteiger partial charge < -0.3 is 15.4 Å². The molecule has 2 N–H and O–H groups in total. The van der Waals surface area contributed by atoms with Crippen LogP contribution in [-0.2, 0) is 9.53 Å². The first-order valence-corrected chi connectivity index (χ1v) is 6.16. The molecule has 1 aromatic rings. The first kappa shape index (κ1) is 12.6. The number of methoxy groups -OCH3 is 1. The summed E-state index contributed by atoms with van der Waals surface area (Å²) in [6.45, 7) is 2.93. The van der Waals surface area contributed by atoms with Crippen molar-refractivity contribution in [3.63, 3.8) is 0 Å². The molecule has 1 heterocycles. The standard InChI is InChI=1S/C12H18N4O2/c1-3-13-9-6-10(14-7-11(17)18-2)16-12(15-9)8-4-5-8/h6,8H,3-5,7H2,1-2H3,(H2,13,14,15,16). The minimum Gasteiger partial charge on any atom is -0.468 e. The predicted molar refractivity (Wildman–Crippen MR) is 68.7 cm³/mol. The lowest BCUT2D eigenvalue weighted by atomic mass is 10.3. The second-order valence-corrected chi connectivity index (χ2v) is 4.23. The molecule has 0 aromatic carbocycles. The quantitative estimate of drug-likeness (QED) is 0.743. The Balaban J connectivity index is 2.09. The predicted octanol–water partition coefficient (Wildman–Crippen LogP) is 1.37. The van der Waals surface area contributed by atoms with Crippen LogP contribution in [0.25, 0.3) is 0 Å². The normalized spacial score (nSPS) is 14.1. The van der Waals surface area contributed by atoms with Crippen molar-refractivity contribution < 1.29 is 9.53 Å². The van der Waals surface area contributed by atoms with Gasteiger partial charge in [-0.3, -0.25) is 4.79 Å². The van der Waals surface area contributed by atoms with Gasteiger partial charge in [0.25, 0.3) is 0 Å². The van der Waals surface area contributed by atoms with Crippen molar-refractivity contribution in [1.29, 1.82) is 0 Å². The van der Waals surface area contributed by atoms with Crippen molar-refractivity contribution in [2.24, 2.45) is 0 Å². The van der Waals surface area contributed by atoms with Crippen LogP contribution >= 0.6 is 0 Å². The van der Waals surface area contributed by atoms with Gasteiger partial charge >= 0.3 is 5.97 Å². The van der Waals surface area contributed by atoms with Crippen molar-refractivity contribution in [2.45, 2.75) is 25.7 Å². The highest BCUT2D eigenvalue weighted by atomic mass is 16.5. The summed E-state index contributed by atoms with van der Waals surface area (Å²) in [6.07, 6.45) is 2.29. The lowest BCUT2D eigenvalue weighted by molar-refractivity contribution is -0.138. The molecule has 1 saturated carbocycles. The van der Waals surface area contributed by atoms with Gasteiger partial charge in [0, 0.05) is 18.5 Å². The number of aromatic nitrogens is 2. The smallest absolute Gasteiger partial charge is 0.325 e. The van der Waals surface area contributed by atoms with E-state index in [2.05, 4.69) is 25.3 Å². The zero-order valence-corrected chi connectivity index (χ0v) is 10.7. The molecule has 0 amide bonds. The molecule has 1 aliphatic rings. The summed E-state index contributed by atoms with van der Waals surface area (Å²) >= 11 is 0. The molecule has 0 spiro atoms. The average molecular weight is 250 g/mol. The summed E-state index contributed by atoms with van der Waals surface area (Å²) in [4.78, 5) is 20.0. The molecule has 0 bridgehead atoms. The molecule has 0 atom stereocenters. The van der Waals surface area contributed by atoms with E-state index in [-0.39, 0.29) is 12.5 Å². The highest BCUT2D eigenvalue weighted by Crippen LogP contribution is 2.38. The maximum atomic E-state index is 11.1. The zero-order chi connectivity index (χ0) is 13.0. The molecule has 1 aliphatic carbocycles. The van der Waals surface area contributed by atoms with Gasteiger partial charge in [-0.2, -0.15) is 0 Å². The SMILES string of the molecule is CCNc1cc(NCC(=O)OC)nc(C2CC2)n1. The van der Waals surface area contributed by atoms with Gasteiger partial charge in [-0.15, -0.1) is 0 Å². The highest BCUT2D eigenvalue weighted by Gasteiger charge is 2.27. The van der Waals surface area contributed by atoms with Gasteiger partial charge in [0.15, 0.2) is 0 Å². The number of nitrogens with one attached hydrogen (secondary N) is 2. The van der Waals surface area contributed by atoms with E-state index in [0.717, 1.165) is 31.0 Å². The molecule has 1 aromatic heterocycles. The summed E-state index contributed by atoms with van der Waals surface area (Å²) < 4.78 is 4.58. The van der Waals surface area contributed by atoms with E-state index in [1.165, 1.54) is 7.11 Å². The average Bonchev–Trinajstić information content (AvgIpc) is 3.20.